The Morgan fingerprint density at radius 3 is 2.59 bits per heavy atom. The van der Waals surface area contributed by atoms with E-state index in [4.69, 9.17) is 33.3 Å². The molecule has 5 rings (SSSR count). The molecule has 2 heterocycles. The van der Waals surface area contributed by atoms with Gasteiger partial charge in [-0.15, -0.1) is 0 Å². The summed E-state index contributed by atoms with van der Waals surface area (Å²) in [6, 6.07) is 18.8. The molecule has 0 radical (unpaired) electrons. The van der Waals surface area contributed by atoms with E-state index in [-0.39, 0.29) is 10.7 Å². The Morgan fingerprint density at radius 1 is 1.03 bits per heavy atom. The Labute approximate surface area is 225 Å². The number of anilines is 2. The second kappa shape index (κ2) is 10.2. The number of ether oxygens (including phenoxy) is 2. The van der Waals surface area contributed by atoms with Crippen molar-refractivity contribution in [3.63, 3.8) is 0 Å². The van der Waals surface area contributed by atoms with Crippen molar-refractivity contribution in [1.29, 1.82) is 0 Å². The van der Waals surface area contributed by atoms with Crippen LogP contribution in [0, 0.1) is 0 Å². The lowest BCUT2D eigenvalue weighted by Gasteiger charge is -2.30. The van der Waals surface area contributed by atoms with Crippen LogP contribution in [-0.2, 0) is 22.6 Å². The van der Waals surface area contributed by atoms with Gasteiger partial charge in [0.25, 0.3) is 11.8 Å². The van der Waals surface area contributed by atoms with Gasteiger partial charge in [-0.25, -0.2) is 4.90 Å². The Hall–Kier alpha value is -3.88. The number of nitrogens with one attached hydrogen (secondary N) is 1. The van der Waals surface area contributed by atoms with Gasteiger partial charge in [-0.05, 0) is 71.7 Å². The number of thiocarbonyl (C=S) groups is 1. The Bertz CT molecular complexity index is 1460. The average molecular weight is 534 g/mol. The second-order valence-corrected chi connectivity index (χ2v) is 9.44. The SMILES string of the molecule is COc1ccc(OC)c(N2C(=O)C(=Cc3ccc4c(c3)CCN4Cc3ccccc3Cl)C(=O)NC2=S)c1. The summed E-state index contributed by atoms with van der Waals surface area (Å²) < 4.78 is 10.7. The molecule has 0 aromatic heterocycles. The number of hydrogen-bond acceptors (Lipinski definition) is 6. The normalized spacial score (nSPS) is 16.2. The number of carbonyl (C=O) groups is 2. The molecule has 3 aromatic rings. The highest BCUT2D eigenvalue weighted by Crippen LogP contribution is 2.35. The summed E-state index contributed by atoms with van der Waals surface area (Å²) in [4.78, 5) is 29.9. The van der Waals surface area contributed by atoms with Crippen LogP contribution in [0.25, 0.3) is 6.08 Å². The highest BCUT2D eigenvalue weighted by Gasteiger charge is 2.36. The zero-order valence-corrected chi connectivity index (χ0v) is 21.9. The molecular weight excluding hydrogens is 510 g/mol. The lowest BCUT2D eigenvalue weighted by Crippen LogP contribution is -2.54. The third-order valence-electron chi connectivity index (χ3n) is 6.45. The maximum absolute atomic E-state index is 13.5. The van der Waals surface area contributed by atoms with Crippen molar-refractivity contribution < 1.29 is 19.1 Å². The minimum absolute atomic E-state index is 0.0238. The molecule has 1 saturated heterocycles. The number of halogens is 1. The Balaban J connectivity index is 1.44. The van der Waals surface area contributed by atoms with Crippen molar-refractivity contribution in [2.24, 2.45) is 0 Å². The molecule has 1 fully saturated rings. The summed E-state index contributed by atoms with van der Waals surface area (Å²) in [5.74, 6) is -0.146. The first kappa shape index (κ1) is 24.8. The van der Waals surface area contributed by atoms with Crippen LogP contribution in [0.2, 0.25) is 5.02 Å². The van der Waals surface area contributed by atoms with Gasteiger partial charge < -0.3 is 14.4 Å². The van der Waals surface area contributed by atoms with E-state index >= 15 is 0 Å². The molecule has 0 spiro atoms. The number of nitrogens with zero attached hydrogens (tertiary/aromatic N) is 2. The van der Waals surface area contributed by atoms with Crippen LogP contribution < -0.4 is 24.6 Å². The first-order chi connectivity index (χ1) is 17.9. The number of hydrogen-bond donors (Lipinski definition) is 1. The molecule has 2 aliphatic heterocycles. The molecule has 0 atom stereocenters. The number of methoxy groups -OCH3 is 2. The maximum Gasteiger partial charge on any atom is 0.270 e. The zero-order valence-electron chi connectivity index (χ0n) is 20.3. The topological polar surface area (TPSA) is 71.1 Å². The fourth-order valence-corrected chi connectivity index (χ4v) is 5.06. The molecule has 1 N–H and O–H groups in total. The highest BCUT2D eigenvalue weighted by molar-refractivity contribution is 7.80. The standard InChI is InChI=1S/C28H24ClN3O4S/c1-35-20-8-10-25(36-2)24(15-20)32-27(34)21(26(33)30-28(32)37)14-17-7-9-23-18(13-17)11-12-31(23)16-19-5-3-4-6-22(19)29/h3-10,13-15H,11-12,16H2,1-2H3,(H,30,33,37). The summed E-state index contributed by atoms with van der Waals surface area (Å²) in [6.45, 7) is 1.57. The minimum atomic E-state index is -0.547. The van der Waals surface area contributed by atoms with Crippen LogP contribution in [0.3, 0.4) is 0 Å². The van der Waals surface area contributed by atoms with Crippen LogP contribution in [0.4, 0.5) is 11.4 Å². The number of rotatable bonds is 6. The maximum atomic E-state index is 13.5. The van der Waals surface area contributed by atoms with Crippen molar-refractivity contribution >= 4 is 58.2 Å². The van der Waals surface area contributed by atoms with E-state index in [0.29, 0.717) is 23.7 Å². The van der Waals surface area contributed by atoms with E-state index in [1.807, 2.05) is 42.5 Å². The van der Waals surface area contributed by atoms with Gasteiger partial charge in [-0.3, -0.25) is 14.9 Å². The van der Waals surface area contributed by atoms with Gasteiger partial charge >= 0.3 is 0 Å². The van der Waals surface area contributed by atoms with Gasteiger partial charge in [0, 0.05) is 29.9 Å². The molecule has 7 nitrogen and oxygen atoms in total. The molecule has 9 heteroatoms. The fraction of sp³-hybridized carbons (Fsp3) is 0.179. The Kier molecular flexibility index (Phi) is 6.86. The fourth-order valence-electron chi connectivity index (χ4n) is 4.59. The molecular formula is C28H24ClN3O4S. The van der Waals surface area contributed by atoms with E-state index in [1.165, 1.54) is 19.1 Å². The largest absolute Gasteiger partial charge is 0.497 e. The van der Waals surface area contributed by atoms with Gasteiger partial charge in [-0.2, -0.15) is 0 Å². The van der Waals surface area contributed by atoms with Crippen molar-refractivity contribution in [2.75, 3.05) is 30.6 Å². The average Bonchev–Trinajstić information content (AvgIpc) is 3.29. The van der Waals surface area contributed by atoms with E-state index in [0.717, 1.165) is 40.4 Å². The van der Waals surface area contributed by atoms with Gasteiger partial charge in [0.15, 0.2) is 5.11 Å². The van der Waals surface area contributed by atoms with Crippen molar-refractivity contribution in [2.45, 2.75) is 13.0 Å². The molecule has 37 heavy (non-hydrogen) atoms. The van der Waals surface area contributed by atoms with Crippen molar-refractivity contribution in [1.82, 2.24) is 5.32 Å². The van der Waals surface area contributed by atoms with E-state index in [1.54, 1.807) is 24.3 Å². The molecule has 188 valence electrons. The summed E-state index contributed by atoms with van der Waals surface area (Å²) >= 11 is 11.7. The molecule has 2 amide bonds. The summed E-state index contributed by atoms with van der Waals surface area (Å²) in [5, 5.41) is 3.34. The van der Waals surface area contributed by atoms with Crippen molar-refractivity contribution in [3.05, 3.63) is 87.9 Å². The van der Waals surface area contributed by atoms with E-state index < -0.39 is 11.8 Å². The molecule has 3 aromatic carbocycles. The number of amides is 2. The number of benzene rings is 3. The molecule has 2 aliphatic rings. The lowest BCUT2D eigenvalue weighted by atomic mass is 10.0. The smallest absolute Gasteiger partial charge is 0.270 e. The molecule has 0 aliphatic carbocycles. The van der Waals surface area contributed by atoms with Gasteiger partial charge in [0.05, 0.1) is 19.9 Å². The van der Waals surface area contributed by atoms with Gasteiger partial charge in [0.1, 0.15) is 17.1 Å². The van der Waals surface area contributed by atoms with Crippen molar-refractivity contribution in [3.8, 4) is 11.5 Å². The van der Waals surface area contributed by atoms with Crippen LogP contribution >= 0.6 is 23.8 Å². The van der Waals surface area contributed by atoms with Gasteiger partial charge in [0.2, 0.25) is 0 Å². The van der Waals surface area contributed by atoms with E-state index in [2.05, 4.69) is 10.2 Å². The quantitative estimate of drug-likeness (QED) is 0.280. The summed E-state index contributed by atoms with van der Waals surface area (Å²) in [6.07, 6.45) is 2.45. The number of carbonyl (C=O) groups excluding carboxylic acids is 2. The molecule has 0 bridgehead atoms. The minimum Gasteiger partial charge on any atom is -0.497 e. The second-order valence-electron chi connectivity index (χ2n) is 8.65. The zero-order chi connectivity index (χ0) is 26.1. The van der Waals surface area contributed by atoms with Crippen LogP contribution in [-0.4, -0.2) is 37.7 Å². The monoisotopic (exact) mass is 533 g/mol. The van der Waals surface area contributed by atoms with Crippen LogP contribution in [0.1, 0.15) is 16.7 Å². The predicted molar refractivity (Wildman–Crippen MR) is 148 cm³/mol. The molecule has 0 saturated carbocycles. The molecule has 0 unspecified atom stereocenters. The summed E-state index contributed by atoms with van der Waals surface area (Å²) in [5.41, 5.74) is 4.44. The third-order valence-corrected chi connectivity index (χ3v) is 7.11. The highest BCUT2D eigenvalue weighted by atomic mass is 35.5. The van der Waals surface area contributed by atoms with Crippen LogP contribution in [0.15, 0.2) is 66.2 Å². The first-order valence-electron chi connectivity index (χ1n) is 11.6. The van der Waals surface area contributed by atoms with E-state index in [9.17, 15) is 9.59 Å². The predicted octanol–water partition coefficient (Wildman–Crippen LogP) is 4.75. The third kappa shape index (κ3) is 4.77. The first-order valence-corrected chi connectivity index (χ1v) is 12.4. The van der Waals surface area contributed by atoms with Crippen LogP contribution in [0.5, 0.6) is 11.5 Å². The lowest BCUT2D eigenvalue weighted by molar-refractivity contribution is -0.122. The Morgan fingerprint density at radius 2 is 1.84 bits per heavy atom. The number of fused-ring (bicyclic) bond motifs is 1. The summed E-state index contributed by atoms with van der Waals surface area (Å²) in [7, 11) is 3.02. The van der Waals surface area contributed by atoms with Gasteiger partial charge in [-0.1, -0.05) is 35.9 Å².